The van der Waals surface area contributed by atoms with Crippen LogP contribution in [0.3, 0.4) is 0 Å². The number of hydrogen-bond acceptors (Lipinski definition) is 4. The molecule has 13 heteroatoms. The van der Waals surface area contributed by atoms with Gasteiger partial charge in [-0.2, -0.15) is 13.2 Å². The molecule has 0 fully saturated rings. The van der Waals surface area contributed by atoms with E-state index in [1.54, 1.807) is 6.07 Å². The zero-order valence-electron chi connectivity index (χ0n) is 18.3. The number of rotatable bonds is 8. The van der Waals surface area contributed by atoms with Gasteiger partial charge in [0, 0.05) is 12.2 Å². The molecule has 0 aliphatic heterocycles. The Morgan fingerprint density at radius 1 is 1.00 bits per heavy atom. The Bertz CT molecular complexity index is 1300. The number of anilines is 2. The van der Waals surface area contributed by atoms with Crippen molar-refractivity contribution in [3.8, 4) is 0 Å². The van der Waals surface area contributed by atoms with Crippen molar-refractivity contribution in [2.45, 2.75) is 18.3 Å². The zero-order chi connectivity index (χ0) is 26.7. The van der Waals surface area contributed by atoms with Crippen molar-refractivity contribution >= 4 is 48.1 Å². The molecule has 0 radical (unpaired) electrons. The summed E-state index contributed by atoms with van der Waals surface area (Å²) in [4.78, 5) is 32.5. The largest absolute Gasteiger partial charge is 0.416 e. The quantitative estimate of drug-likeness (QED) is 0.135. The van der Waals surface area contributed by atoms with E-state index < -0.39 is 37.4 Å². The van der Waals surface area contributed by atoms with Gasteiger partial charge >= 0.3 is 13.8 Å². The molecule has 0 aliphatic rings. The number of carbonyl (C=O) groups excluding carboxylic acids is 1. The van der Waals surface area contributed by atoms with Gasteiger partial charge in [0.2, 0.25) is 0 Å². The summed E-state index contributed by atoms with van der Waals surface area (Å²) in [6, 6.07) is 14.3. The van der Waals surface area contributed by atoms with E-state index in [2.05, 4.69) is 5.32 Å². The van der Waals surface area contributed by atoms with E-state index in [0.29, 0.717) is 0 Å². The summed E-state index contributed by atoms with van der Waals surface area (Å²) in [5.41, 5.74) is -1.98. The van der Waals surface area contributed by atoms with Crippen LogP contribution in [-0.4, -0.2) is 32.5 Å². The van der Waals surface area contributed by atoms with Crippen LogP contribution in [0.15, 0.2) is 66.7 Å². The molecule has 3 aromatic carbocycles. The molecule has 0 bridgehead atoms. The number of hydrogen-bond donors (Lipinski definition) is 4. The standard InChI is InChI=1S/C23H20Cl2F3N2O5P/c24-18-9-8-14(12-19(18)25)21(36(33,34)35)10-11-30(32)22(31)17-6-1-2-7-20(17)29-16-5-3-4-15(13-16)23(26,27)28/h1-9,12-13,21,29,32H,10-11H2,(H2,33,34,35)/t21-/m0/s1. The van der Waals surface area contributed by atoms with E-state index >= 15 is 0 Å². The highest BCUT2D eigenvalue weighted by molar-refractivity contribution is 7.52. The molecule has 0 spiro atoms. The Morgan fingerprint density at radius 3 is 2.33 bits per heavy atom. The maximum atomic E-state index is 13.0. The average molecular weight is 563 g/mol. The van der Waals surface area contributed by atoms with Crippen LogP contribution in [0, 0.1) is 0 Å². The van der Waals surface area contributed by atoms with Gasteiger partial charge in [0.25, 0.3) is 5.91 Å². The third-order valence-corrected chi connectivity index (χ3v) is 7.32. The van der Waals surface area contributed by atoms with Crippen LogP contribution in [0.5, 0.6) is 0 Å². The van der Waals surface area contributed by atoms with Crippen molar-refractivity contribution in [3.05, 3.63) is 93.5 Å². The van der Waals surface area contributed by atoms with Gasteiger partial charge in [0.1, 0.15) is 0 Å². The molecule has 0 saturated carbocycles. The summed E-state index contributed by atoms with van der Waals surface area (Å²) in [6.07, 6.45) is -4.88. The van der Waals surface area contributed by atoms with Crippen LogP contribution in [-0.2, 0) is 10.7 Å². The van der Waals surface area contributed by atoms with Gasteiger partial charge in [0.15, 0.2) is 0 Å². The van der Waals surface area contributed by atoms with Gasteiger partial charge < -0.3 is 15.1 Å². The third kappa shape index (κ3) is 7.00. The van der Waals surface area contributed by atoms with Gasteiger partial charge in [-0.15, -0.1) is 0 Å². The van der Waals surface area contributed by atoms with Crippen LogP contribution in [0.2, 0.25) is 10.0 Å². The molecule has 0 unspecified atom stereocenters. The van der Waals surface area contributed by atoms with Crippen LogP contribution in [0.1, 0.15) is 33.6 Å². The molecular formula is C23H20Cl2F3N2O5P. The van der Waals surface area contributed by atoms with Crippen LogP contribution >= 0.6 is 30.8 Å². The van der Waals surface area contributed by atoms with Crippen molar-refractivity contribution in [1.29, 1.82) is 0 Å². The summed E-state index contributed by atoms with van der Waals surface area (Å²) in [5.74, 6) is -0.927. The number of benzene rings is 3. The molecule has 4 N–H and O–H groups in total. The Morgan fingerprint density at radius 2 is 1.69 bits per heavy atom. The summed E-state index contributed by atoms with van der Waals surface area (Å²) < 4.78 is 51.2. The Balaban J connectivity index is 1.79. The molecule has 192 valence electrons. The Kier molecular flexibility index (Phi) is 8.71. The summed E-state index contributed by atoms with van der Waals surface area (Å²) in [5, 5.41) is 13.7. The SMILES string of the molecule is O=C(c1ccccc1Nc1cccc(C(F)(F)F)c1)N(O)CC[C@@H](c1ccc(Cl)c(Cl)c1)P(=O)(O)O. The van der Waals surface area contributed by atoms with Gasteiger partial charge in [-0.3, -0.25) is 14.6 Å². The first kappa shape index (κ1) is 28.0. The van der Waals surface area contributed by atoms with Crippen molar-refractivity contribution in [1.82, 2.24) is 5.06 Å². The average Bonchev–Trinajstić information content (AvgIpc) is 2.80. The second-order valence-electron chi connectivity index (χ2n) is 7.74. The molecular weight excluding hydrogens is 543 g/mol. The van der Waals surface area contributed by atoms with Gasteiger partial charge in [-0.1, -0.05) is 47.5 Å². The first-order valence-corrected chi connectivity index (χ1v) is 12.8. The lowest BCUT2D eigenvalue weighted by Gasteiger charge is -2.23. The predicted octanol–water partition coefficient (Wildman–Crippen LogP) is 6.90. The molecule has 3 rings (SSSR count). The summed E-state index contributed by atoms with van der Waals surface area (Å²) >= 11 is 11.8. The Hall–Kier alpha value is -2.59. The number of alkyl halides is 3. The maximum absolute atomic E-state index is 13.0. The highest BCUT2D eigenvalue weighted by Crippen LogP contribution is 2.54. The van der Waals surface area contributed by atoms with E-state index in [1.165, 1.54) is 48.5 Å². The van der Waals surface area contributed by atoms with Crippen molar-refractivity contribution in [3.63, 3.8) is 0 Å². The van der Waals surface area contributed by atoms with Gasteiger partial charge in [0.05, 0.1) is 32.5 Å². The molecule has 0 heterocycles. The maximum Gasteiger partial charge on any atom is 0.416 e. The van der Waals surface area contributed by atoms with E-state index in [9.17, 15) is 37.5 Å². The molecule has 0 aliphatic carbocycles. The third-order valence-electron chi connectivity index (χ3n) is 5.21. The number of para-hydroxylation sites is 1. The highest BCUT2D eigenvalue weighted by atomic mass is 35.5. The van der Waals surface area contributed by atoms with E-state index in [-0.39, 0.29) is 44.0 Å². The predicted molar refractivity (Wildman–Crippen MR) is 130 cm³/mol. The smallest absolute Gasteiger partial charge is 0.355 e. The number of hydroxylamine groups is 2. The van der Waals surface area contributed by atoms with Crippen molar-refractivity contribution in [2.24, 2.45) is 0 Å². The number of carbonyl (C=O) groups is 1. The summed E-state index contributed by atoms with van der Waals surface area (Å²) in [7, 11) is -4.72. The molecule has 0 saturated heterocycles. The van der Waals surface area contributed by atoms with Crippen molar-refractivity contribution in [2.75, 3.05) is 11.9 Å². The number of nitrogens with zero attached hydrogens (tertiary/aromatic N) is 1. The molecule has 1 atom stereocenters. The lowest BCUT2D eigenvalue weighted by molar-refractivity contribution is -0.137. The number of halogens is 5. The Labute approximate surface area is 214 Å². The lowest BCUT2D eigenvalue weighted by atomic mass is 10.1. The van der Waals surface area contributed by atoms with Crippen LogP contribution in [0.4, 0.5) is 24.5 Å². The first-order valence-electron chi connectivity index (χ1n) is 10.3. The topological polar surface area (TPSA) is 110 Å². The second-order valence-corrected chi connectivity index (χ2v) is 10.4. The lowest BCUT2D eigenvalue weighted by Crippen LogP contribution is -2.30. The van der Waals surface area contributed by atoms with Crippen LogP contribution in [0.25, 0.3) is 0 Å². The molecule has 1 amide bonds. The normalized spacial score (nSPS) is 12.8. The minimum absolute atomic E-state index is 0.0655. The minimum Gasteiger partial charge on any atom is -0.355 e. The number of nitrogens with one attached hydrogen (secondary N) is 1. The van der Waals surface area contributed by atoms with E-state index in [0.717, 1.165) is 12.1 Å². The molecule has 0 aromatic heterocycles. The van der Waals surface area contributed by atoms with Gasteiger partial charge in [-0.25, -0.2) is 5.06 Å². The minimum atomic E-state index is -4.72. The van der Waals surface area contributed by atoms with Gasteiger partial charge in [-0.05, 0) is 54.4 Å². The monoisotopic (exact) mass is 562 g/mol. The molecule has 36 heavy (non-hydrogen) atoms. The zero-order valence-corrected chi connectivity index (χ0v) is 20.7. The molecule has 3 aromatic rings. The van der Waals surface area contributed by atoms with Crippen molar-refractivity contribution < 1.29 is 37.5 Å². The highest BCUT2D eigenvalue weighted by Gasteiger charge is 2.32. The molecule has 7 nitrogen and oxygen atoms in total. The number of amides is 1. The second kappa shape index (κ2) is 11.2. The van der Waals surface area contributed by atoms with E-state index in [4.69, 9.17) is 23.2 Å². The van der Waals surface area contributed by atoms with E-state index in [1.807, 2.05) is 0 Å². The fraction of sp³-hybridized carbons (Fsp3) is 0.174. The van der Waals surface area contributed by atoms with Crippen LogP contribution < -0.4 is 5.32 Å². The fourth-order valence-electron chi connectivity index (χ4n) is 3.44. The fourth-order valence-corrected chi connectivity index (χ4v) is 4.75. The first-order chi connectivity index (χ1) is 16.8. The summed E-state index contributed by atoms with van der Waals surface area (Å²) in [6.45, 7) is -0.466.